The molecule has 0 radical (unpaired) electrons. The number of benzene rings is 9. The summed E-state index contributed by atoms with van der Waals surface area (Å²) in [6, 6.07) is 67.5. The Bertz CT molecular complexity index is 3430. The van der Waals surface area contributed by atoms with Crippen molar-refractivity contribution in [3.8, 4) is 33.4 Å². The van der Waals surface area contributed by atoms with Crippen LogP contribution >= 0.6 is 0 Å². The van der Waals surface area contributed by atoms with Gasteiger partial charge in [-0.05, 0) is 86.8 Å². The Morgan fingerprint density at radius 3 is 2.00 bits per heavy atom. The van der Waals surface area contributed by atoms with Crippen LogP contribution < -0.4 is 4.90 Å². The lowest BCUT2D eigenvalue weighted by Crippen LogP contribution is -2.16. The highest BCUT2D eigenvalue weighted by Gasteiger charge is 2.36. The van der Waals surface area contributed by atoms with Crippen molar-refractivity contribution in [2.24, 2.45) is 0 Å². The summed E-state index contributed by atoms with van der Waals surface area (Å²) in [5.74, 6) is 0. The zero-order chi connectivity index (χ0) is 38.5. The van der Waals surface area contributed by atoms with Gasteiger partial charge in [-0.3, -0.25) is 0 Å². The van der Waals surface area contributed by atoms with Crippen LogP contribution in [0, 0.1) is 0 Å². The van der Waals surface area contributed by atoms with Crippen LogP contribution in [0.15, 0.2) is 197 Å². The van der Waals surface area contributed by atoms with Crippen molar-refractivity contribution in [2.45, 2.75) is 19.3 Å². The highest BCUT2D eigenvalue weighted by molar-refractivity contribution is 6.24. The zero-order valence-corrected chi connectivity index (χ0v) is 32.2. The lowest BCUT2D eigenvalue weighted by molar-refractivity contribution is 0.660. The van der Waals surface area contributed by atoms with E-state index in [0.717, 1.165) is 77.6 Å². The molecule has 274 valence electrons. The van der Waals surface area contributed by atoms with Crippen molar-refractivity contribution in [1.82, 2.24) is 0 Å². The molecular weight excluding hydrogens is 707 g/mol. The molecule has 0 bridgehead atoms. The first-order valence-electron chi connectivity index (χ1n) is 20.0. The van der Waals surface area contributed by atoms with Gasteiger partial charge in [0.25, 0.3) is 0 Å². The molecule has 3 heteroatoms. The smallest absolute Gasteiger partial charge is 0.159 e. The van der Waals surface area contributed by atoms with E-state index in [-0.39, 0.29) is 5.41 Å². The number of hydrogen-bond acceptors (Lipinski definition) is 3. The van der Waals surface area contributed by atoms with E-state index >= 15 is 0 Å². The van der Waals surface area contributed by atoms with E-state index < -0.39 is 0 Å². The summed E-state index contributed by atoms with van der Waals surface area (Å²) in [5.41, 5.74) is 16.1. The Balaban J connectivity index is 1.16. The maximum absolute atomic E-state index is 7.38. The predicted octanol–water partition coefficient (Wildman–Crippen LogP) is 15.7. The molecule has 12 rings (SSSR count). The number of hydrogen-bond donors (Lipinski definition) is 0. The first kappa shape index (κ1) is 32.8. The Morgan fingerprint density at radius 1 is 0.414 bits per heavy atom. The number of rotatable bonds is 5. The summed E-state index contributed by atoms with van der Waals surface area (Å²) in [6.07, 6.45) is 0. The van der Waals surface area contributed by atoms with Gasteiger partial charge in [0, 0.05) is 43.6 Å². The van der Waals surface area contributed by atoms with Gasteiger partial charge in [-0.15, -0.1) is 0 Å². The number of anilines is 3. The number of furan rings is 2. The molecule has 2 heterocycles. The molecule has 0 atom stereocenters. The van der Waals surface area contributed by atoms with Crippen LogP contribution in [0.2, 0.25) is 0 Å². The molecule has 1 aliphatic rings. The average Bonchev–Trinajstić information content (AvgIpc) is 3.91. The second-order valence-corrected chi connectivity index (χ2v) is 16.0. The van der Waals surface area contributed by atoms with E-state index in [1.165, 1.54) is 38.6 Å². The van der Waals surface area contributed by atoms with Crippen molar-refractivity contribution in [1.29, 1.82) is 0 Å². The highest BCUT2D eigenvalue weighted by atomic mass is 16.3. The van der Waals surface area contributed by atoms with E-state index in [0.29, 0.717) is 0 Å². The molecule has 2 aromatic heterocycles. The van der Waals surface area contributed by atoms with Crippen LogP contribution in [-0.4, -0.2) is 0 Å². The Labute approximate surface area is 336 Å². The van der Waals surface area contributed by atoms with Gasteiger partial charge in [0.1, 0.15) is 16.7 Å². The number of nitrogens with zero attached hydrogens (tertiary/aromatic N) is 1. The quantitative estimate of drug-likeness (QED) is 0.176. The molecule has 3 nitrogen and oxygen atoms in total. The van der Waals surface area contributed by atoms with E-state index in [1.54, 1.807) is 0 Å². The van der Waals surface area contributed by atoms with Crippen LogP contribution in [0.5, 0.6) is 0 Å². The first-order valence-corrected chi connectivity index (χ1v) is 20.0. The molecule has 0 saturated heterocycles. The van der Waals surface area contributed by atoms with Crippen LogP contribution in [0.1, 0.15) is 25.0 Å². The minimum atomic E-state index is -0.155. The van der Waals surface area contributed by atoms with Gasteiger partial charge in [-0.25, -0.2) is 0 Å². The van der Waals surface area contributed by atoms with E-state index in [2.05, 4.69) is 201 Å². The summed E-state index contributed by atoms with van der Waals surface area (Å²) >= 11 is 0. The Kier molecular flexibility index (Phi) is 6.98. The summed E-state index contributed by atoms with van der Waals surface area (Å²) in [4.78, 5) is 2.40. The minimum absolute atomic E-state index is 0.155. The molecule has 0 spiro atoms. The SMILES string of the molecule is CC1(C)c2ccccc2-c2ccc(N(c3cccc4ccccc34)c3cccc4c3oc3c(-c5cccc(-c6ccccc6)c5)c5c(cc34)oc3ccccc35)cc21. The predicted molar refractivity (Wildman–Crippen MR) is 242 cm³/mol. The van der Waals surface area contributed by atoms with E-state index in [1.807, 2.05) is 6.07 Å². The topological polar surface area (TPSA) is 29.5 Å². The molecule has 0 saturated carbocycles. The minimum Gasteiger partial charge on any atom is -0.456 e. The Hall–Kier alpha value is -7.36. The number of para-hydroxylation sites is 2. The Morgan fingerprint density at radius 2 is 1.09 bits per heavy atom. The second kappa shape index (κ2) is 12.3. The summed E-state index contributed by atoms with van der Waals surface area (Å²) in [7, 11) is 0. The molecule has 0 fully saturated rings. The standard InChI is InChI=1S/C55H37NO2/c1-55(2)45-25-10-8-22-40(45)41-30-29-38(32-46(41)55)56(47-26-13-18-35-17-6-7-21-39(35)47)48-27-14-24-42-44-33-50-52(43-23-9-11-28-49(43)57-50)51(54(44)58-53(42)48)37-20-12-19-36(31-37)34-15-4-3-5-16-34/h3-33H,1-2H3. The van der Waals surface area contributed by atoms with Crippen molar-refractivity contribution in [2.75, 3.05) is 4.90 Å². The van der Waals surface area contributed by atoms with Crippen LogP contribution in [-0.2, 0) is 5.41 Å². The highest BCUT2D eigenvalue weighted by Crippen LogP contribution is 2.53. The lowest BCUT2D eigenvalue weighted by Gasteiger charge is -2.29. The number of fused-ring (bicyclic) bond motifs is 10. The fourth-order valence-electron chi connectivity index (χ4n) is 9.70. The largest absolute Gasteiger partial charge is 0.456 e. The van der Waals surface area contributed by atoms with Crippen LogP contribution in [0.25, 0.3) is 88.0 Å². The van der Waals surface area contributed by atoms with Crippen molar-refractivity contribution in [3.05, 3.63) is 199 Å². The summed E-state index contributed by atoms with van der Waals surface area (Å²) < 4.78 is 14.0. The van der Waals surface area contributed by atoms with Gasteiger partial charge in [0.15, 0.2) is 5.58 Å². The van der Waals surface area contributed by atoms with Crippen LogP contribution in [0.4, 0.5) is 17.1 Å². The van der Waals surface area contributed by atoms with Gasteiger partial charge in [-0.1, -0.05) is 159 Å². The normalized spacial score (nSPS) is 13.1. The molecule has 0 aliphatic heterocycles. The summed E-state index contributed by atoms with van der Waals surface area (Å²) in [6.45, 7) is 4.69. The van der Waals surface area contributed by atoms with Gasteiger partial charge in [0.2, 0.25) is 0 Å². The van der Waals surface area contributed by atoms with E-state index in [4.69, 9.17) is 8.83 Å². The molecule has 58 heavy (non-hydrogen) atoms. The van der Waals surface area contributed by atoms with E-state index in [9.17, 15) is 0 Å². The second-order valence-electron chi connectivity index (χ2n) is 16.0. The molecular formula is C55H37NO2. The van der Waals surface area contributed by atoms with Gasteiger partial charge < -0.3 is 13.7 Å². The third kappa shape index (κ3) is 4.74. The lowest BCUT2D eigenvalue weighted by atomic mass is 9.82. The van der Waals surface area contributed by atoms with Crippen molar-refractivity contribution >= 4 is 71.7 Å². The summed E-state index contributed by atoms with van der Waals surface area (Å²) in [5, 5.41) is 6.54. The fourth-order valence-corrected chi connectivity index (χ4v) is 9.70. The molecule has 0 amide bonds. The third-order valence-corrected chi connectivity index (χ3v) is 12.4. The van der Waals surface area contributed by atoms with Crippen molar-refractivity contribution in [3.63, 3.8) is 0 Å². The van der Waals surface area contributed by atoms with Gasteiger partial charge in [-0.2, -0.15) is 0 Å². The van der Waals surface area contributed by atoms with Gasteiger partial charge in [0.05, 0.1) is 11.4 Å². The molecule has 1 aliphatic carbocycles. The molecule has 9 aromatic carbocycles. The van der Waals surface area contributed by atoms with Crippen LogP contribution in [0.3, 0.4) is 0 Å². The molecule has 11 aromatic rings. The van der Waals surface area contributed by atoms with Gasteiger partial charge >= 0.3 is 0 Å². The van der Waals surface area contributed by atoms with Crippen molar-refractivity contribution < 1.29 is 8.83 Å². The third-order valence-electron chi connectivity index (χ3n) is 12.4. The average molecular weight is 744 g/mol. The maximum Gasteiger partial charge on any atom is 0.159 e. The first-order chi connectivity index (χ1) is 28.5. The fraction of sp³-hybridized carbons (Fsp3) is 0.0545. The zero-order valence-electron chi connectivity index (χ0n) is 32.2. The monoisotopic (exact) mass is 743 g/mol. The maximum atomic E-state index is 7.38. The molecule has 0 N–H and O–H groups in total. The molecule has 0 unspecified atom stereocenters.